The van der Waals surface area contributed by atoms with Crippen molar-refractivity contribution in [2.24, 2.45) is 0 Å². The molecule has 0 atom stereocenters. The predicted octanol–water partition coefficient (Wildman–Crippen LogP) is 8.91. The minimum absolute atomic E-state index is 0.132. The Morgan fingerprint density at radius 1 is 1.00 bits per heavy atom. The summed E-state index contributed by atoms with van der Waals surface area (Å²) < 4.78 is 30.4. The summed E-state index contributed by atoms with van der Waals surface area (Å²) in [5.74, 6) is 1.14. The van der Waals surface area contributed by atoms with E-state index in [4.69, 9.17) is 8.85 Å². The van der Waals surface area contributed by atoms with Gasteiger partial charge in [-0.2, -0.15) is 0 Å². The van der Waals surface area contributed by atoms with Gasteiger partial charge in [-0.15, -0.1) is 0 Å². The lowest BCUT2D eigenvalue weighted by atomic mass is 9.89. The van der Waals surface area contributed by atoms with Crippen molar-refractivity contribution in [2.45, 2.75) is 103 Å². The quantitative estimate of drug-likeness (QED) is 0.167. The van der Waals surface area contributed by atoms with Gasteiger partial charge in [0.2, 0.25) is 5.91 Å². The molecule has 1 saturated heterocycles. The van der Waals surface area contributed by atoms with Gasteiger partial charge in [0, 0.05) is 22.1 Å². The van der Waals surface area contributed by atoms with Crippen LogP contribution in [0.2, 0.25) is 0 Å². The van der Waals surface area contributed by atoms with Crippen LogP contribution in [-0.4, -0.2) is 42.5 Å². The molecule has 0 unspecified atom stereocenters. The Morgan fingerprint density at radius 3 is 2.41 bits per heavy atom. The number of benzene rings is 1. The lowest BCUT2D eigenvalue weighted by Crippen LogP contribution is -2.29. The number of nitrogens with zero attached hydrogens (tertiary/aromatic N) is 2. The highest BCUT2D eigenvalue weighted by atomic mass is 16.5. The summed E-state index contributed by atoms with van der Waals surface area (Å²) in [6.07, 6.45) is 26.1. The first-order valence-corrected chi connectivity index (χ1v) is 14.6. The Hall–Kier alpha value is -2.33. The van der Waals surface area contributed by atoms with E-state index in [2.05, 4.69) is 31.2 Å². The van der Waals surface area contributed by atoms with E-state index in [0.717, 1.165) is 67.2 Å². The number of carbonyl (C=O) groups excluding carboxylic acids is 1. The molecular formula is C33H50N2O2. The van der Waals surface area contributed by atoms with Crippen molar-refractivity contribution in [2.75, 3.05) is 27.2 Å². The summed E-state index contributed by atoms with van der Waals surface area (Å²) in [4.78, 5) is 14.8. The Kier molecular flexibility index (Phi) is 11.1. The van der Waals surface area contributed by atoms with Crippen molar-refractivity contribution in [3.8, 4) is 5.75 Å². The zero-order chi connectivity index (χ0) is 28.8. The van der Waals surface area contributed by atoms with E-state index < -0.39 is 6.98 Å². The summed E-state index contributed by atoms with van der Waals surface area (Å²) in [7, 11) is 1.65. The topological polar surface area (TPSA) is 34.5 Å². The first-order chi connectivity index (χ1) is 19.3. The molecule has 2 aromatic rings. The second-order valence-electron chi connectivity index (χ2n) is 10.5. The third-order valence-electron chi connectivity index (χ3n) is 7.59. The molecule has 0 amide bonds. The van der Waals surface area contributed by atoms with Crippen molar-refractivity contribution in [3.63, 3.8) is 0 Å². The molecule has 0 saturated carbocycles. The maximum Gasteiger partial charge on any atom is 0.231 e. The number of hydrogen-bond donors (Lipinski definition) is 0. The van der Waals surface area contributed by atoms with E-state index in [9.17, 15) is 4.79 Å². The molecule has 3 rings (SSSR count). The lowest BCUT2D eigenvalue weighted by molar-refractivity contribution is 0.0904. The number of ether oxygens (including phenoxy) is 1. The van der Waals surface area contributed by atoms with Gasteiger partial charge in [0.25, 0.3) is 0 Å². The maximum atomic E-state index is 13.3. The van der Waals surface area contributed by atoms with Crippen molar-refractivity contribution in [1.82, 2.24) is 9.47 Å². The molecule has 0 aliphatic carbocycles. The molecule has 204 valence electrons. The Balaban J connectivity index is 1.44. The average Bonchev–Trinajstić information content (AvgIpc) is 3.33. The Morgan fingerprint density at radius 2 is 1.70 bits per heavy atom. The summed E-state index contributed by atoms with van der Waals surface area (Å²) in [5, 5.41) is 1.04. The fourth-order valence-electron chi connectivity index (χ4n) is 5.29. The molecule has 1 aromatic carbocycles. The van der Waals surface area contributed by atoms with Gasteiger partial charge < -0.3 is 9.64 Å². The number of fused-ring (bicyclic) bond motifs is 1. The number of aromatic nitrogens is 1. The molecular weight excluding hydrogens is 456 g/mol. The molecule has 1 fully saturated rings. The molecule has 2 heterocycles. The van der Waals surface area contributed by atoms with E-state index >= 15 is 0 Å². The molecule has 37 heavy (non-hydrogen) atoms. The van der Waals surface area contributed by atoms with Crippen LogP contribution in [0, 0.1) is 0 Å². The predicted molar refractivity (Wildman–Crippen MR) is 158 cm³/mol. The van der Waals surface area contributed by atoms with E-state index in [1.54, 1.807) is 12.0 Å². The Bertz CT molecular complexity index is 1100. The fourth-order valence-corrected chi connectivity index (χ4v) is 5.29. The SMILES string of the molecule is [2H]C([2H])([2H])N1CCC(c2cn(C(=O)CCCCCCC/C=C/C/C=C/CCCCC)c3ccc(OC)cc23)CC1. The highest BCUT2D eigenvalue weighted by Crippen LogP contribution is 2.36. The largest absolute Gasteiger partial charge is 0.497 e. The minimum atomic E-state index is -2.04. The van der Waals surface area contributed by atoms with Gasteiger partial charge in [-0.25, -0.2) is 0 Å². The zero-order valence-corrected chi connectivity index (χ0v) is 23.2. The summed E-state index contributed by atoms with van der Waals surface area (Å²) in [6, 6.07) is 5.90. The molecule has 4 heteroatoms. The van der Waals surface area contributed by atoms with Crippen LogP contribution in [0.4, 0.5) is 0 Å². The third-order valence-corrected chi connectivity index (χ3v) is 7.59. The van der Waals surface area contributed by atoms with Crippen LogP contribution in [0.25, 0.3) is 10.9 Å². The van der Waals surface area contributed by atoms with Crippen LogP contribution >= 0.6 is 0 Å². The number of unbranched alkanes of at least 4 members (excludes halogenated alkanes) is 8. The van der Waals surface area contributed by atoms with Crippen molar-refractivity contribution >= 4 is 16.8 Å². The first-order valence-electron chi connectivity index (χ1n) is 16.1. The van der Waals surface area contributed by atoms with E-state index in [-0.39, 0.29) is 11.8 Å². The normalized spacial score (nSPS) is 17.0. The van der Waals surface area contributed by atoms with Crippen LogP contribution in [0.1, 0.15) is 117 Å². The molecule has 1 aliphatic heterocycles. The summed E-state index contributed by atoms with van der Waals surface area (Å²) >= 11 is 0. The van der Waals surface area contributed by atoms with E-state index in [1.165, 1.54) is 38.5 Å². The molecule has 0 bridgehead atoms. The molecule has 1 aromatic heterocycles. The van der Waals surface area contributed by atoms with Gasteiger partial charge in [-0.05, 0) is 101 Å². The van der Waals surface area contributed by atoms with Crippen LogP contribution in [-0.2, 0) is 0 Å². The second-order valence-corrected chi connectivity index (χ2v) is 10.5. The third kappa shape index (κ3) is 9.48. The number of carbonyl (C=O) groups is 1. The summed E-state index contributed by atoms with van der Waals surface area (Å²) in [5.41, 5.74) is 2.05. The number of likely N-dealkylation sites (tertiary alicyclic amines) is 1. The zero-order valence-electron chi connectivity index (χ0n) is 26.2. The molecule has 1 aliphatic rings. The maximum absolute atomic E-state index is 13.3. The number of hydrogen-bond acceptors (Lipinski definition) is 3. The highest BCUT2D eigenvalue weighted by Gasteiger charge is 2.24. The van der Waals surface area contributed by atoms with Crippen LogP contribution in [0.15, 0.2) is 48.7 Å². The van der Waals surface area contributed by atoms with Gasteiger partial charge in [0.05, 0.1) is 12.6 Å². The van der Waals surface area contributed by atoms with Gasteiger partial charge >= 0.3 is 0 Å². The summed E-state index contributed by atoms with van der Waals surface area (Å²) in [6.45, 7) is 1.28. The average molecular weight is 510 g/mol. The highest BCUT2D eigenvalue weighted by molar-refractivity contribution is 5.95. The lowest BCUT2D eigenvalue weighted by Gasteiger charge is -2.28. The smallest absolute Gasteiger partial charge is 0.231 e. The number of allylic oxidation sites excluding steroid dienone is 4. The molecule has 0 radical (unpaired) electrons. The van der Waals surface area contributed by atoms with Crippen molar-refractivity contribution in [3.05, 3.63) is 54.3 Å². The van der Waals surface area contributed by atoms with Gasteiger partial charge in [0.1, 0.15) is 5.75 Å². The van der Waals surface area contributed by atoms with Gasteiger partial charge in [0.15, 0.2) is 0 Å². The van der Waals surface area contributed by atoms with E-state index in [1.807, 2.05) is 29.0 Å². The number of rotatable bonds is 16. The van der Waals surface area contributed by atoms with Crippen molar-refractivity contribution < 1.29 is 13.6 Å². The van der Waals surface area contributed by atoms with Gasteiger partial charge in [-0.3, -0.25) is 9.36 Å². The van der Waals surface area contributed by atoms with Crippen LogP contribution < -0.4 is 4.74 Å². The molecule has 0 spiro atoms. The minimum Gasteiger partial charge on any atom is -0.497 e. The number of piperidine rings is 1. The first kappa shape index (κ1) is 25.0. The van der Waals surface area contributed by atoms with Crippen LogP contribution in [0.5, 0.6) is 5.75 Å². The fraction of sp³-hybridized carbons (Fsp3) is 0.606. The monoisotopic (exact) mass is 509 g/mol. The Labute approximate surface area is 230 Å². The van der Waals surface area contributed by atoms with Gasteiger partial charge in [-0.1, -0.05) is 63.3 Å². The number of methoxy groups -OCH3 is 1. The van der Waals surface area contributed by atoms with Crippen LogP contribution in [0.3, 0.4) is 0 Å². The molecule has 0 N–H and O–H groups in total. The second kappa shape index (κ2) is 16.5. The standard InChI is InChI=1S/C33H50N2O2/c1-4-5-6-7-8-9-10-11-12-13-14-15-16-17-18-19-33(36)35-27-31(28-22-24-34(2)25-23-28)30-26-29(37-3)20-21-32(30)35/h8-9,11-12,20-21,26-28H,4-7,10,13-19,22-25H2,1-3H3/b9-8+,12-11+/i2D3. The van der Waals surface area contributed by atoms with Crippen molar-refractivity contribution in [1.29, 1.82) is 0 Å². The molecule has 4 nitrogen and oxygen atoms in total. The van der Waals surface area contributed by atoms with E-state index in [0.29, 0.717) is 19.5 Å².